The van der Waals surface area contributed by atoms with Crippen LogP contribution in [-0.2, 0) is 27.5 Å². The highest BCUT2D eigenvalue weighted by Gasteiger charge is 2.14. The Hall–Kier alpha value is -2.37. The number of benzene rings is 2. The number of rotatable bonds is 5. The Morgan fingerprint density at radius 3 is 2.38 bits per heavy atom. The van der Waals surface area contributed by atoms with E-state index in [2.05, 4.69) is 10.6 Å². The average molecular weight is 347 g/mol. The summed E-state index contributed by atoms with van der Waals surface area (Å²) in [7, 11) is 1.63. The van der Waals surface area contributed by atoms with Gasteiger partial charge in [0.2, 0.25) is 0 Å². The third kappa shape index (κ3) is 5.08. The van der Waals surface area contributed by atoms with Gasteiger partial charge < -0.3 is 15.4 Å². The van der Waals surface area contributed by atoms with Gasteiger partial charge in [-0.3, -0.25) is 9.59 Å². The first-order valence-corrected chi connectivity index (χ1v) is 7.79. The van der Waals surface area contributed by atoms with E-state index < -0.39 is 11.8 Å². The molecule has 0 aliphatic heterocycles. The van der Waals surface area contributed by atoms with Gasteiger partial charge in [0.1, 0.15) is 0 Å². The van der Waals surface area contributed by atoms with Crippen LogP contribution in [0.2, 0.25) is 5.02 Å². The standard InChI is InChI=1S/C18H19ClN2O3/c1-12-3-8-15(19)9-16(12)21-18(23)17(22)20-10-13-4-6-14(7-5-13)11-24-2/h3-9H,10-11H2,1-2H3,(H,20,22)(H,21,23). The van der Waals surface area contributed by atoms with Crippen LogP contribution in [0.1, 0.15) is 16.7 Å². The van der Waals surface area contributed by atoms with E-state index in [4.69, 9.17) is 16.3 Å². The second-order valence-electron chi connectivity index (χ2n) is 5.35. The number of aryl methyl sites for hydroxylation is 1. The molecule has 2 amide bonds. The maximum absolute atomic E-state index is 12.0. The molecule has 2 N–H and O–H groups in total. The molecule has 0 saturated carbocycles. The van der Waals surface area contributed by atoms with Gasteiger partial charge in [0, 0.05) is 24.4 Å². The molecule has 0 atom stereocenters. The molecular weight excluding hydrogens is 328 g/mol. The lowest BCUT2D eigenvalue weighted by atomic mass is 10.1. The SMILES string of the molecule is COCc1ccc(CNC(=O)C(=O)Nc2cc(Cl)ccc2C)cc1. The van der Waals surface area contributed by atoms with E-state index in [0.29, 0.717) is 17.3 Å². The number of anilines is 1. The monoisotopic (exact) mass is 346 g/mol. The summed E-state index contributed by atoms with van der Waals surface area (Å²) in [5.41, 5.74) is 3.29. The molecular formula is C18H19ClN2O3. The quantitative estimate of drug-likeness (QED) is 0.818. The minimum Gasteiger partial charge on any atom is -0.380 e. The molecule has 6 heteroatoms. The molecule has 5 nitrogen and oxygen atoms in total. The Morgan fingerprint density at radius 2 is 1.71 bits per heavy atom. The van der Waals surface area contributed by atoms with Gasteiger partial charge in [0.15, 0.2) is 0 Å². The largest absolute Gasteiger partial charge is 0.380 e. The van der Waals surface area contributed by atoms with Crippen LogP contribution in [0, 0.1) is 6.92 Å². The van der Waals surface area contributed by atoms with Crippen LogP contribution in [0.4, 0.5) is 5.69 Å². The molecule has 0 aliphatic carbocycles. The topological polar surface area (TPSA) is 67.4 Å². The summed E-state index contributed by atoms with van der Waals surface area (Å²) < 4.78 is 5.04. The van der Waals surface area contributed by atoms with Crippen molar-refractivity contribution in [1.29, 1.82) is 0 Å². The third-order valence-electron chi connectivity index (χ3n) is 3.44. The van der Waals surface area contributed by atoms with Gasteiger partial charge in [0.05, 0.1) is 6.61 Å². The molecule has 0 unspecified atom stereocenters. The second kappa shape index (κ2) is 8.47. The first kappa shape index (κ1) is 18.0. The molecule has 2 rings (SSSR count). The van der Waals surface area contributed by atoms with E-state index in [1.54, 1.807) is 25.3 Å². The zero-order chi connectivity index (χ0) is 17.5. The number of amides is 2. The summed E-state index contributed by atoms with van der Waals surface area (Å²) in [5, 5.41) is 5.64. The van der Waals surface area contributed by atoms with Crippen molar-refractivity contribution in [2.45, 2.75) is 20.1 Å². The van der Waals surface area contributed by atoms with Crippen molar-refractivity contribution < 1.29 is 14.3 Å². The molecule has 24 heavy (non-hydrogen) atoms. The third-order valence-corrected chi connectivity index (χ3v) is 3.68. The van der Waals surface area contributed by atoms with Crippen LogP contribution in [0.3, 0.4) is 0 Å². The lowest BCUT2D eigenvalue weighted by Crippen LogP contribution is -2.35. The number of hydrogen-bond acceptors (Lipinski definition) is 3. The molecule has 0 aromatic heterocycles. The number of halogens is 1. The minimum absolute atomic E-state index is 0.272. The molecule has 126 valence electrons. The molecule has 0 saturated heterocycles. The number of hydrogen-bond donors (Lipinski definition) is 2. The second-order valence-corrected chi connectivity index (χ2v) is 5.78. The van der Waals surface area contributed by atoms with Crippen LogP contribution in [0.25, 0.3) is 0 Å². The highest BCUT2D eigenvalue weighted by atomic mass is 35.5. The summed E-state index contributed by atoms with van der Waals surface area (Å²) in [6.45, 7) is 2.63. The number of carbonyl (C=O) groups is 2. The van der Waals surface area contributed by atoms with Gasteiger partial charge in [-0.05, 0) is 35.7 Å². The van der Waals surface area contributed by atoms with Gasteiger partial charge in [0.25, 0.3) is 0 Å². The lowest BCUT2D eigenvalue weighted by Gasteiger charge is -2.09. The lowest BCUT2D eigenvalue weighted by molar-refractivity contribution is -0.136. The van der Waals surface area contributed by atoms with Crippen molar-refractivity contribution >= 4 is 29.1 Å². The van der Waals surface area contributed by atoms with Crippen LogP contribution >= 0.6 is 11.6 Å². The molecule has 0 bridgehead atoms. The number of ether oxygens (including phenoxy) is 1. The highest BCUT2D eigenvalue weighted by Crippen LogP contribution is 2.19. The molecule has 0 spiro atoms. The number of methoxy groups -OCH3 is 1. The summed E-state index contributed by atoms with van der Waals surface area (Å²) in [4.78, 5) is 23.9. The Bertz CT molecular complexity index is 730. The fourth-order valence-corrected chi connectivity index (χ4v) is 2.26. The van der Waals surface area contributed by atoms with Crippen molar-refractivity contribution in [1.82, 2.24) is 5.32 Å². The molecule has 2 aromatic rings. The van der Waals surface area contributed by atoms with E-state index in [9.17, 15) is 9.59 Å². The van der Waals surface area contributed by atoms with Crippen LogP contribution in [0.5, 0.6) is 0 Å². The average Bonchev–Trinajstić information content (AvgIpc) is 2.57. The number of nitrogens with one attached hydrogen (secondary N) is 2. The molecule has 0 heterocycles. The van der Waals surface area contributed by atoms with Gasteiger partial charge in [-0.2, -0.15) is 0 Å². The fourth-order valence-electron chi connectivity index (χ4n) is 2.09. The van der Waals surface area contributed by atoms with Gasteiger partial charge in [-0.1, -0.05) is 41.9 Å². The van der Waals surface area contributed by atoms with E-state index in [1.807, 2.05) is 31.2 Å². The van der Waals surface area contributed by atoms with Crippen LogP contribution < -0.4 is 10.6 Å². The Labute approximate surface area is 146 Å². The minimum atomic E-state index is -0.726. The maximum Gasteiger partial charge on any atom is 0.313 e. The molecule has 2 aromatic carbocycles. The van der Waals surface area contributed by atoms with E-state index >= 15 is 0 Å². The van der Waals surface area contributed by atoms with Crippen molar-refractivity contribution in [2.24, 2.45) is 0 Å². The fraction of sp³-hybridized carbons (Fsp3) is 0.222. The van der Waals surface area contributed by atoms with Crippen molar-refractivity contribution in [3.63, 3.8) is 0 Å². The molecule has 0 radical (unpaired) electrons. The van der Waals surface area contributed by atoms with Crippen molar-refractivity contribution in [2.75, 3.05) is 12.4 Å². The van der Waals surface area contributed by atoms with E-state index in [0.717, 1.165) is 16.7 Å². The van der Waals surface area contributed by atoms with Gasteiger partial charge >= 0.3 is 11.8 Å². The zero-order valence-electron chi connectivity index (χ0n) is 13.6. The van der Waals surface area contributed by atoms with Crippen LogP contribution in [0.15, 0.2) is 42.5 Å². The predicted octanol–water partition coefficient (Wildman–Crippen LogP) is 3.05. The highest BCUT2D eigenvalue weighted by molar-refractivity contribution is 6.40. The maximum atomic E-state index is 12.0. The van der Waals surface area contributed by atoms with Crippen molar-refractivity contribution in [3.8, 4) is 0 Å². The normalized spacial score (nSPS) is 10.3. The first-order valence-electron chi connectivity index (χ1n) is 7.41. The Kier molecular flexibility index (Phi) is 6.35. The summed E-state index contributed by atoms with van der Waals surface area (Å²) in [6.07, 6.45) is 0. The molecule has 0 aliphatic rings. The smallest absolute Gasteiger partial charge is 0.313 e. The Morgan fingerprint density at radius 1 is 1.04 bits per heavy atom. The summed E-state index contributed by atoms with van der Waals surface area (Å²) in [5.74, 6) is -1.42. The van der Waals surface area contributed by atoms with Gasteiger partial charge in [-0.15, -0.1) is 0 Å². The van der Waals surface area contributed by atoms with E-state index in [-0.39, 0.29) is 6.54 Å². The first-order chi connectivity index (χ1) is 11.5. The zero-order valence-corrected chi connectivity index (χ0v) is 14.3. The summed E-state index contributed by atoms with van der Waals surface area (Å²) >= 11 is 5.90. The van der Waals surface area contributed by atoms with Crippen molar-refractivity contribution in [3.05, 3.63) is 64.2 Å². The Balaban J connectivity index is 1.89. The van der Waals surface area contributed by atoms with Gasteiger partial charge in [-0.25, -0.2) is 0 Å². The number of carbonyl (C=O) groups excluding carboxylic acids is 2. The summed E-state index contributed by atoms with van der Waals surface area (Å²) in [6, 6.07) is 12.7. The molecule has 0 fully saturated rings. The van der Waals surface area contributed by atoms with Crippen LogP contribution in [-0.4, -0.2) is 18.9 Å². The van der Waals surface area contributed by atoms with E-state index in [1.165, 1.54) is 0 Å². The predicted molar refractivity (Wildman–Crippen MR) is 93.8 cm³/mol.